The number of carbonyl (C=O) groups is 2. The number of ether oxygens (including phenoxy) is 1. The summed E-state index contributed by atoms with van der Waals surface area (Å²) >= 11 is 6.04. The van der Waals surface area contributed by atoms with Gasteiger partial charge in [-0.3, -0.25) is 13.9 Å². The molecule has 0 aliphatic carbocycles. The molecule has 3 aromatic carbocycles. The third-order valence-electron chi connectivity index (χ3n) is 6.51. The molecular weight excluding hydrogens is 550 g/mol. The van der Waals surface area contributed by atoms with Gasteiger partial charge in [0.05, 0.1) is 17.7 Å². The first-order valence-electron chi connectivity index (χ1n) is 13.1. The summed E-state index contributed by atoms with van der Waals surface area (Å²) in [6.45, 7) is 5.60. The van der Waals surface area contributed by atoms with Crippen LogP contribution in [0.15, 0.2) is 77.7 Å². The van der Waals surface area contributed by atoms with Crippen LogP contribution in [0, 0.1) is 6.92 Å². The Morgan fingerprint density at radius 1 is 0.975 bits per heavy atom. The third kappa shape index (κ3) is 7.99. The number of amides is 2. The topological polar surface area (TPSA) is 96.0 Å². The van der Waals surface area contributed by atoms with E-state index in [-0.39, 0.29) is 17.3 Å². The highest BCUT2D eigenvalue weighted by Gasteiger charge is 2.32. The molecule has 0 saturated heterocycles. The summed E-state index contributed by atoms with van der Waals surface area (Å²) in [7, 11) is -2.62. The van der Waals surface area contributed by atoms with Crippen molar-refractivity contribution in [3.8, 4) is 5.75 Å². The fourth-order valence-electron chi connectivity index (χ4n) is 4.02. The molecule has 0 unspecified atom stereocenters. The van der Waals surface area contributed by atoms with Gasteiger partial charge in [0.25, 0.3) is 10.0 Å². The number of hydrogen-bond acceptors (Lipinski definition) is 5. The minimum atomic E-state index is -4.13. The van der Waals surface area contributed by atoms with Crippen LogP contribution in [0.25, 0.3) is 0 Å². The Balaban J connectivity index is 1.99. The third-order valence-corrected chi connectivity index (χ3v) is 8.55. The molecule has 0 aliphatic rings. The van der Waals surface area contributed by atoms with Gasteiger partial charge >= 0.3 is 0 Å². The minimum Gasteiger partial charge on any atom is -0.497 e. The standard InChI is InChI=1S/C30H36ClN3O5S/c1-5-6-19-32-30(36)23(3)33(20-24-9-11-25(31)12-10-24)29(35)21-34(26-13-15-27(39-4)16-14-26)40(37,38)28-17-7-22(2)8-18-28/h7-18,23H,5-6,19-21H2,1-4H3,(H,32,36)/t23-/m0/s1. The molecule has 0 aliphatic heterocycles. The zero-order valence-corrected chi connectivity index (χ0v) is 24.8. The molecule has 0 spiro atoms. The van der Waals surface area contributed by atoms with Gasteiger partial charge in [0.1, 0.15) is 18.3 Å². The first-order chi connectivity index (χ1) is 19.1. The average molecular weight is 586 g/mol. The number of carbonyl (C=O) groups excluding carboxylic acids is 2. The van der Waals surface area contributed by atoms with E-state index in [4.69, 9.17) is 16.3 Å². The molecule has 0 radical (unpaired) electrons. The molecular formula is C30H36ClN3O5S. The fraction of sp³-hybridized carbons (Fsp3) is 0.333. The van der Waals surface area contributed by atoms with Crippen molar-refractivity contribution in [2.45, 2.75) is 51.1 Å². The molecule has 0 fully saturated rings. The Morgan fingerprint density at radius 3 is 2.17 bits per heavy atom. The van der Waals surface area contributed by atoms with Crippen LogP contribution >= 0.6 is 11.6 Å². The van der Waals surface area contributed by atoms with Crippen LogP contribution in [0.4, 0.5) is 5.69 Å². The molecule has 1 N–H and O–H groups in total. The van der Waals surface area contributed by atoms with Crippen molar-refractivity contribution >= 4 is 39.1 Å². The van der Waals surface area contributed by atoms with Gasteiger partial charge in [0.15, 0.2) is 0 Å². The van der Waals surface area contributed by atoms with Crippen LogP contribution < -0.4 is 14.4 Å². The normalized spacial score (nSPS) is 11.9. The number of aryl methyl sites for hydroxylation is 1. The molecule has 0 aromatic heterocycles. The molecule has 8 nitrogen and oxygen atoms in total. The lowest BCUT2D eigenvalue weighted by Gasteiger charge is -2.32. The van der Waals surface area contributed by atoms with Gasteiger partial charge in [0.2, 0.25) is 11.8 Å². The minimum absolute atomic E-state index is 0.0522. The quantitative estimate of drug-likeness (QED) is 0.279. The van der Waals surface area contributed by atoms with Crippen LogP contribution in [-0.4, -0.2) is 51.4 Å². The Morgan fingerprint density at radius 2 is 1.60 bits per heavy atom. The molecule has 3 rings (SSSR count). The van der Waals surface area contributed by atoms with Gasteiger partial charge in [-0.2, -0.15) is 0 Å². The van der Waals surface area contributed by atoms with Crippen molar-refractivity contribution in [2.75, 3.05) is 24.5 Å². The van der Waals surface area contributed by atoms with Gasteiger partial charge < -0.3 is 15.0 Å². The first kappa shape index (κ1) is 31.0. The van der Waals surface area contributed by atoms with Gasteiger partial charge in [-0.15, -0.1) is 0 Å². The SMILES string of the molecule is CCCCNC(=O)[C@H](C)N(Cc1ccc(Cl)cc1)C(=O)CN(c1ccc(OC)cc1)S(=O)(=O)c1ccc(C)cc1. The maximum absolute atomic E-state index is 13.9. The second kappa shape index (κ2) is 14.2. The zero-order chi connectivity index (χ0) is 29.3. The molecule has 214 valence electrons. The summed E-state index contributed by atoms with van der Waals surface area (Å²) in [6.07, 6.45) is 1.72. The molecule has 0 bridgehead atoms. The number of sulfonamides is 1. The number of nitrogens with zero attached hydrogens (tertiary/aromatic N) is 2. The van der Waals surface area contributed by atoms with Crippen molar-refractivity contribution in [3.63, 3.8) is 0 Å². The largest absolute Gasteiger partial charge is 0.497 e. The molecule has 2 amide bonds. The Bertz CT molecular complexity index is 1380. The van der Waals surface area contributed by atoms with E-state index >= 15 is 0 Å². The molecule has 0 saturated carbocycles. The number of anilines is 1. The monoisotopic (exact) mass is 585 g/mol. The highest BCUT2D eigenvalue weighted by molar-refractivity contribution is 7.92. The summed E-state index contributed by atoms with van der Waals surface area (Å²) < 4.78 is 34.0. The molecule has 1 atom stereocenters. The second-order valence-corrected chi connectivity index (χ2v) is 11.8. The maximum atomic E-state index is 13.9. The second-order valence-electron chi connectivity index (χ2n) is 9.49. The highest BCUT2D eigenvalue weighted by Crippen LogP contribution is 2.27. The highest BCUT2D eigenvalue weighted by atomic mass is 35.5. The lowest BCUT2D eigenvalue weighted by Crippen LogP contribution is -2.51. The van der Waals surface area contributed by atoms with Crippen LogP contribution in [0.1, 0.15) is 37.8 Å². The first-order valence-corrected chi connectivity index (χ1v) is 14.9. The number of unbranched alkanes of at least 4 members (excludes halogenated alkanes) is 1. The Labute approximate surface area is 241 Å². The predicted octanol–water partition coefficient (Wildman–Crippen LogP) is 5.19. The number of halogens is 1. The van der Waals surface area contributed by atoms with E-state index in [1.54, 1.807) is 67.6 Å². The summed E-state index contributed by atoms with van der Waals surface area (Å²) in [4.78, 5) is 28.4. The van der Waals surface area contributed by atoms with Gasteiger partial charge in [-0.05, 0) is 74.4 Å². The zero-order valence-electron chi connectivity index (χ0n) is 23.3. The number of hydrogen-bond donors (Lipinski definition) is 1. The smallest absolute Gasteiger partial charge is 0.264 e. The van der Waals surface area contributed by atoms with Crippen LogP contribution in [0.5, 0.6) is 5.75 Å². The lowest BCUT2D eigenvalue weighted by atomic mass is 10.1. The van der Waals surface area contributed by atoms with E-state index in [2.05, 4.69) is 5.32 Å². The molecule has 3 aromatic rings. The summed E-state index contributed by atoms with van der Waals surface area (Å²) in [6, 6.07) is 19.0. The summed E-state index contributed by atoms with van der Waals surface area (Å²) in [5, 5.41) is 3.42. The van der Waals surface area contributed by atoms with Crippen molar-refractivity contribution in [1.82, 2.24) is 10.2 Å². The Hall–Kier alpha value is -3.56. The van der Waals surface area contributed by atoms with Crippen molar-refractivity contribution in [3.05, 3.63) is 88.9 Å². The van der Waals surface area contributed by atoms with E-state index in [0.29, 0.717) is 23.0 Å². The molecule has 40 heavy (non-hydrogen) atoms. The average Bonchev–Trinajstić information content (AvgIpc) is 2.95. The fourth-order valence-corrected chi connectivity index (χ4v) is 5.56. The number of nitrogens with one attached hydrogen (secondary N) is 1. The van der Waals surface area contributed by atoms with E-state index in [9.17, 15) is 18.0 Å². The molecule has 0 heterocycles. The van der Waals surface area contributed by atoms with E-state index in [1.165, 1.54) is 24.1 Å². The van der Waals surface area contributed by atoms with Crippen LogP contribution in [0.2, 0.25) is 5.02 Å². The van der Waals surface area contributed by atoms with Crippen LogP contribution in [-0.2, 0) is 26.2 Å². The summed E-state index contributed by atoms with van der Waals surface area (Å²) in [5.41, 5.74) is 1.95. The van der Waals surface area contributed by atoms with Crippen molar-refractivity contribution in [2.24, 2.45) is 0 Å². The van der Waals surface area contributed by atoms with E-state index in [0.717, 1.165) is 28.3 Å². The number of benzene rings is 3. The summed E-state index contributed by atoms with van der Waals surface area (Å²) in [5.74, 6) is -0.294. The lowest BCUT2D eigenvalue weighted by molar-refractivity contribution is -0.139. The van der Waals surface area contributed by atoms with E-state index < -0.39 is 28.5 Å². The van der Waals surface area contributed by atoms with Crippen molar-refractivity contribution < 1.29 is 22.7 Å². The number of methoxy groups -OCH3 is 1. The van der Waals surface area contributed by atoms with Gasteiger partial charge in [0, 0.05) is 18.1 Å². The molecule has 10 heteroatoms. The van der Waals surface area contributed by atoms with Gasteiger partial charge in [-0.1, -0.05) is 54.8 Å². The van der Waals surface area contributed by atoms with Crippen molar-refractivity contribution in [1.29, 1.82) is 0 Å². The number of rotatable bonds is 13. The predicted molar refractivity (Wildman–Crippen MR) is 158 cm³/mol. The van der Waals surface area contributed by atoms with Gasteiger partial charge in [-0.25, -0.2) is 8.42 Å². The van der Waals surface area contributed by atoms with E-state index in [1.807, 2.05) is 13.8 Å². The van der Waals surface area contributed by atoms with Crippen LogP contribution in [0.3, 0.4) is 0 Å². The maximum Gasteiger partial charge on any atom is 0.264 e. The Kier molecular flexibility index (Phi) is 11.0.